The second-order valence-electron chi connectivity index (χ2n) is 6.76. The first-order chi connectivity index (χ1) is 10.2. The van der Waals surface area contributed by atoms with E-state index in [1.54, 1.807) is 7.11 Å². The van der Waals surface area contributed by atoms with Crippen molar-refractivity contribution in [1.82, 2.24) is 10.3 Å². The number of pyridine rings is 1. The highest BCUT2D eigenvalue weighted by atomic mass is 79.9. The number of ether oxygens (including phenoxy) is 1. The van der Waals surface area contributed by atoms with Gasteiger partial charge in [-0.15, -0.1) is 0 Å². The summed E-state index contributed by atoms with van der Waals surface area (Å²) in [6.07, 6.45) is 8.69. The van der Waals surface area contributed by atoms with Crippen molar-refractivity contribution >= 4 is 15.9 Å². The van der Waals surface area contributed by atoms with Crippen molar-refractivity contribution in [3.8, 4) is 0 Å². The van der Waals surface area contributed by atoms with Crippen molar-refractivity contribution < 1.29 is 4.74 Å². The summed E-state index contributed by atoms with van der Waals surface area (Å²) in [5, 5.41) is 3.62. The molecule has 2 aliphatic carbocycles. The lowest BCUT2D eigenvalue weighted by Gasteiger charge is -2.38. The normalized spacial score (nSPS) is 31.0. The molecule has 0 radical (unpaired) electrons. The van der Waals surface area contributed by atoms with Crippen LogP contribution in [-0.2, 0) is 11.2 Å². The standard InChI is InChI=1S/C17H25BrN2O/c1-21-7-6-19-12-17(9-13-2-3-14(17)8-13)10-16-5-4-15(18)11-20-16/h4-5,11,13-14,19H,2-3,6-10,12H2,1H3. The minimum Gasteiger partial charge on any atom is -0.383 e. The quantitative estimate of drug-likeness (QED) is 0.763. The molecule has 0 spiro atoms. The zero-order valence-electron chi connectivity index (χ0n) is 12.8. The molecule has 3 atom stereocenters. The average Bonchev–Trinajstić information content (AvgIpc) is 3.07. The van der Waals surface area contributed by atoms with E-state index in [0.29, 0.717) is 5.41 Å². The van der Waals surface area contributed by atoms with Gasteiger partial charge in [0.05, 0.1) is 6.61 Å². The molecule has 1 N–H and O–H groups in total. The van der Waals surface area contributed by atoms with E-state index < -0.39 is 0 Å². The van der Waals surface area contributed by atoms with Crippen LogP contribution in [0.1, 0.15) is 31.4 Å². The highest BCUT2D eigenvalue weighted by Crippen LogP contribution is 2.56. The van der Waals surface area contributed by atoms with Crippen molar-refractivity contribution in [2.45, 2.75) is 32.1 Å². The second kappa shape index (κ2) is 6.76. The Hall–Kier alpha value is -0.450. The highest BCUT2D eigenvalue weighted by Gasteiger charge is 2.50. The van der Waals surface area contributed by atoms with Gasteiger partial charge in [-0.05, 0) is 71.0 Å². The molecule has 1 aromatic heterocycles. The Morgan fingerprint density at radius 2 is 2.33 bits per heavy atom. The molecule has 2 fully saturated rings. The topological polar surface area (TPSA) is 34.1 Å². The minimum atomic E-state index is 0.414. The van der Waals surface area contributed by atoms with Crippen LogP contribution in [0.25, 0.3) is 0 Å². The van der Waals surface area contributed by atoms with Crippen molar-refractivity contribution in [3.05, 3.63) is 28.5 Å². The Balaban J connectivity index is 1.69. The molecule has 1 heterocycles. The maximum absolute atomic E-state index is 5.15. The molecule has 0 amide bonds. The summed E-state index contributed by atoms with van der Waals surface area (Å²) in [6, 6.07) is 4.29. The van der Waals surface area contributed by atoms with Gasteiger partial charge >= 0.3 is 0 Å². The van der Waals surface area contributed by atoms with E-state index in [2.05, 4.69) is 38.4 Å². The summed E-state index contributed by atoms with van der Waals surface area (Å²) >= 11 is 3.47. The zero-order valence-corrected chi connectivity index (χ0v) is 14.4. The average molecular weight is 353 g/mol. The molecule has 3 nitrogen and oxygen atoms in total. The van der Waals surface area contributed by atoms with Gasteiger partial charge in [-0.3, -0.25) is 4.98 Å². The summed E-state index contributed by atoms with van der Waals surface area (Å²) in [5.74, 6) is 1.83. The number of hydrogen-bond acceptors (Lipinski definition) is 3. The molecular weight excluding hydrogens is 328 g/mol. The second-order valence-corrected chi connectivity index (χ2v) is 7.67. The third kappa shape index (κ3) is 3.49. The first-order valence-corrected chi connectivity index (χ1v) is 8.81. The number of aromatic nitrogens is 1. The Morgan fingerprint density at radius 3 is 2.95 bits per heavy atom. The number of methoxy groups -OCH3 is 1. The van der Waals surface area contributed by atoms with Crippen LogP contribution < -0.4 is 5.32 Å². The maximum Gasteiger partial charge on any atom is 0.0587 e. The van der Waals surface area contributed by atoms with Crippen LogP contribution in [0.3, 0.4) is 0 Å². The Labute approximate surface area is 136 Å². The SMILES string of the molecule is COCCNCC1(Cc2ccc(Br)cn2)CC2CCC1C2. The molecule has 3 unspecified atom stereocenters. The summed E-state index contributed by atoms with van der Waals surface area (Å²) in [6.45, 7) is 2.85. The van der Waals surface area contributed by atoms with E-state index in [0.717, 1.165) is 42.4 Å². The predicted octanol–water partition coefficient (Wildman–Crippen LogP) is 3.43. The largest absolute Gasteiger partial charge is 0.383 e. The van der Waals surface area contributed by atoms with Crippen LogP contribution in [0.2, 0.25) is 0 Å². The minimum absolute atomic E-state index is 0.414. The van der Waals surface area contributed by atoms with Gasteiger partial charge < -0.3 is 10.1 Å². The third-order valence-corrected chi connectivity index (χ3v) is 5.85. The van der Waals surface area contributed by atoms with Gasteiger partial charge in [0, 0.05) is 36.6 Å². The molecule has 4 heteroatoms. The van der Waals surface area contributed by atoms with E-state index in [1.165, 1.54) is 31.4 Å². The van der Waals surface area contributed by atoms with Gasteiger partial charge in [0.25, 0.3) is 0 Å². The van der Waals surface area contributed by atoms with Crippen LogP contribution in [0.15, 0.2) is 22.8 Å². The van der Waals surface area contributed by atoms with Gasteiger partial charge in [0.15, 0.2) is 0 Å². The Morgan fingerprint density at radius 1 is 1.43 bits per heavy atom. The maximum atomic E-state index is 5.15. The fourth-order valence-electron chi connectivity index (χ4n) is 4.44. The van der Waals surface area contributed by atoms with Crippen molar-refractivity contribution in [3.63, 3.8) is 0 Å². The number of halogens is 1. The smallest absolute Gasteiger partial charge is 0.0587 e. The summed E-state index contributed by atoms with van der Waals surface area (Å²) in [5.41, 5.74) is 1.65. The van der Waals surface area contributed by atoms with Gasteiger partial charge in [0.1, 0.15) is 0 Å². The number of rotatable bonds is 7. The number of nitrogens with one attached hydrogen (secondary N) is 1. The van der Waals surface area contributed by atoms with Crippen LogP contribution in [0.5, 0.6) is 0 Å². The zero-order chi connectivity index (χ0) is 14.7. The van der Waals surface area contributed by atoms with Crippen LogP contribution in [0.4, 0.5) is 0 Å². The molecule has 116 valence electrons. The monoisotopic (exact) mass is 352 g/mol. The predicted molar refractivity (Wildman–Crippen MR) is 88.3 cm³/mol. The summed E-state index contributed by atoms with van der Waals surface area (Å²) < 4.78 is 6.21. The van der Waals surface area contributed by atoms with Crippen molar-refractivity contribution in [1.29, 1.82) is 0 Å². The summed E-state index contributed by atoms with van der Waals surface area (Å²) in [7, 11) is 1.76. The number of fused-ring (bicyclic) bond motifs is 2. The first-order valence-electron chi connectivity index (χ1n) is 8.02. The lowest BCUT2D eigenvalue weighted by atomic mass is 9.70. The molecular formula is C17H25BrN2O. The molecule has 1 aromatic rings. The molecule has 3 rings (SSSR count). The van der Waals surface area contributed by atoms with Gasteiger partial charge in [-0.2, -0.15) is 0 Å². The lowest BCUT2D eigenvalue weighted by molar-refractivity contribution is 0.144. The Bertz CT molecular complexity index is 464. The van der Waals surface area contributed by atoms with Crippen molar-refractivity contribution in [2.75, 3.05) is 26.8 Å². The van der Waals surface area contributed by atoms with Gasteiger partial charge in [-0.25, -0.2) is 0 Å². The van der Waals surface area contributed by atoms with E-state index in [1.807, 2.05) is 6.20 Å². The summed E-state index contributed by atoms with van der Waals surface area (Å²) in [4.78, 5) is 4.62. The van der Waals surface area contributed by atoms with E-state index in [4.69, 9.17) is 4.74 Å². The highest BCUT2D eigenvalue weighted by molar-refractivity contribution is 9.10. The van der Waals surface area contributed by atoms with Gasteiger partial charge in [0.2, 0.25) is 0 Å². The molecule has 2 aliphatic rings. The van der Waals surface area contributed by atoms with E-state index >= 15 is 0 Å². The molecule has 2 saturated carbocycles. The molecule has 0 aromatic carbocycles. The molecule has 0 saturated heterocycles. The number of hydrogen-bond donors (Lipinski definition) is 1. The number of nitrogens with zero attached hydrogens (tertiary/aromatic N) is 1. The fraction of sp³-hybridized carbons (Fsp3) is 0.706. The molecule has 2 bridgehead atoms. The lowest BCUT2D eigenvalue weighted by Crippen LogP contribution is -2.41. The molecule has 0 aliphatic heterocycles. The van der Waals surface area contributed by atoms with E-state index in [9.17, 15) is 0 Å². The fourth-order valence-corrected chi connectivity index (χ4v) is 4.67. The first kappa shape index (κ1) is 15.4. The molecule has 21 heavy (non-hydrogen) atoms. The van der Waals surface area contributed by atoms with Crippen molar-refractivity contribution in [2.24, 2.45) is 17.3 Å². The van der Waals surface area contributed by atoms with E-state index in [-0.39, 0.29) is 0 Å². The van der Waals surface area contributed by atoms with Gasteiger partial charge in [-0.1, -0.05) is 6.42 Å². The Kier molecular flexibility index (Phi) is 4.97. The third-order valence-electron chi connectivity index (χ3n) is 5.38. The van der Waals surface area contributed by atoms with Crippen LogP contribution >= 0.6 is 15.9 Å². The van der Waals surface area contributed by atoms with Crippen LogP contribution in [0, 0.1) is 17.3 Å². The van der Waals surface area contributed by atoms with Crippen LogP contribution in [-0.4, -0.2) is 31.8 Å².